The van der Waals surface area contributed by atoms with Gasteiger partial charge in [-0.1, -0.05) is 15.9 Å². The van der Waals surface area contributed by atoms with E-state index in [2.05, 4.69) is 26.0 Å². The Bertz CT molecular complexity index is 119. The molecule has 66 valence electrons. The molecule has 0 bridgehead atoms. The zero-order valence-corrected chi connectivity index (χ0v) is 8.48. The van der Waals surface area contributed by atoms with E-state index in [1.165, 1.54) is 7.11 Å². The fourth-order valence-corrected chi connectivity index (χ4v) is 0.926. The zero-order valence-electron chi connectivity index (χ0n) is 6.89. The first-order valence-corrected chi connectivity index (χ1v) is 4.71. The van der Waals surface area contributed by atoms with Crippen LogP contribution in [0.2, 0.25) is 0 Å². The Morgan fingerprint density at radius 3 is 2.82 bits per heavy atom. The summed E-state index contributed by atoms with van der Waals surface area (Å²) in [7, 11) is 1.39. The van der Waals surface area contributed by atoms with Crippen LogP contribution in [0.4, 0.5) is 0 Å². The molecule has 0 aliphatic heterocycles. The first kappa shape index (κ1) is 10.9. The highest BCUT2D eigenvalue weighted by Crippen LogP contribution is 1.88. The number of ether oxygens (including phenoxy) is 1. The van der Waals surface area contributed by atoms with Crippen molar-refractivity contribution in [2.24, 2.45) is 0 Å². The average Bonchev–Trinajstić information content (AvgIpc) is 2.03. The van der Waals surface area contributed by atoms with E-state index in [1.807, 2.05) is 0 Å². The van der Waals surface area contributed by atoms with E-state index in [-0.39, 0.29) is 12.0 Å². The molecule has 3 nitrogen and oxygen atoms in total. The van der Waals surface area contributed by atoms with Gasteiger partial charge in [0.25, 0.3) is 0 Å². The van der Waals surface area contributed by atoms with Gasteiger partial charge in [-0.05, 0) is 19.9 Å². The topological polar surface area (TPSA) is 38.3 Å². The monoisotopic (exact) mass is 223 g/mol. The Morgan fingerprint density at radius 1 is 1.73 bits per heavy atom. The number of methoxy groups -OCH3 is 1. The van der Waals surface area contributed by atoms with Gasteiger partial charge in [0.05, 0.1) is 7.11 Å². The molecule has 0 saturated heterocycles. The molecule has 0 aromatic rings. The molecule has 0 fully saturated rings. The highest BCUT2D eigenvalue weighted by Gasteiger charge is 2.10. The molecule has 0 heterocycles. The maximum atomic E-state index is 10.8. The molecule has 0 radical (unpaired) electrons. The van der Waals surface area contributed by atoms with Gasteiger partial charge in [-0.3, -0.25) is 4.79 Å². The number of rotatable bonds is 5. The molecule has 0 aromatic heterocycles. The molecule has 0 amide bonds. The van der Waals surface area contributed by atoms with Crippen molar-refractivity contribution < 1.29 is 9.53 Å². The molecule has 0 unspecified atom stereocenters. The van der Waals surface area contributed by atoms with E-state index >= 15 is 0 Å². The summed E-state index contributed by atoms with van der Waals surface area (Å²) in [5, 5.41) is 3.98. The Labute approximate surface area is 75.6 Å². The summed E-state index contributed by atoms with van der Waals surface area (Å²) >= 11 is 3.30. The second-order valence-electron chi connectivity index (χ2n) is 2.24. The quantitative estimate of drug-likeness (QED) is 0.428. The molecule has 0 spiro atoms. The molecule has 0 aromatic carbocycles. The number of alkyl halides is 1. The summed E-state index contributed by atoms with van der Waals surface area (Å²) in [6.45, 7) is 2.63. The van der Waals surface area contributed by atoms with Crippen LogP contribution >= 0.6 is 15.9 Å². The number of carbonyl (C=O) groups excluding carboxylic acids is 1. The van der Waals surface area contributed by atoms with Gasteiger partial charge in [0, 0.05) is 5.33 Å². The Balaban J connectivity index is 3.36. The van der Waals surface area contributed by atoms with E-state index in [4.69, 9.17) is 0 Å². The molecule has 0 saturated carbocycles. The highest BCUT2D eigenvalue weighted by atomic mass is 79.9. The fraction of sp³-hybridized carbons (Fsp3) is 0.857. The highest BCUT2D eigenvalue weighted by molar-refractivity contribution is 9.09. The van der Waals surface area contributed by atoms with E-state index < -0.39 is 0 Å². The molecular formula is C7H14BrNO2. The van der Waals surface area contributed by atoms with Crippen LogP contribution in [0.25, 0.3) is 0 Å². The maximum Gasteiger partial charge on any atom is 0.322 e. The summed E-state index contributed by atoms with van der Waals surface area (Å²) in [5.41, 5.74) is 0. The van der Waals surface area contributed by atoms with E-state index in [0.29, 0.717) is 0 Å². The minimum absolute atomic E-state index is 0.195. The normalized spacial score (nSPS) is 12.6. The summed E-state index contributed by atoms with van der Waals surface area (Å²) in [6.07, 6.45) is 1.02. The third-order valence-electron chi connectivity index (χ3n) is 1.32. The first-order chi connectivity index (χ1) is 5.22. The first-order valence-electron chi connectivity index (χ1n) is 3.59. The van der Waals surface area contributed by atoms with Crippen LogP contribution < -0.4 is 5.32 Å². The van der Waals surface area contributed by atoms with E-state index in [0.717, 1.165) is 18.3 Å². The summed E-state index contributed by atoms with van der Waals surface area (Å²) in [5.74, 6) is -0.209. The van der Waals surface area contributed by atoms with E-state index in [9.17, 15) is 4.79 Å². The predicted octanol–water partition coefficient (Wildman–Crippen LogP) is 0.922. The third kappa shape index (κ3) is 5.21. The van der Waals surface area contributed by atoms with Crippen molar-refractivity contribution in [2.75, 3.05) is 19.0 Å². The summed E-state index contributed by atoms with van der Waals surface area (Å²) in [6, 6.07) is -0.195. The lowest BCUT2D eigenvalue weighted by Gasteiger charge is -2.09. The molecular weight excluding hydrogens is 210 g/mol. The lowest BCUT2D eigenvalue weighted by Crippen LogP contribution is -2.35. The molecule has 11 heavy (non-hydrogen) atoms. The molecule has 1 N–H and O–H groups in total. The van der Waals surface area contributed by atoms with Crippen molar-refractivity contribution in [3.8, 4) is 0 Å². The SMILES string of the molecule is COC(=O)[C@H](C)NCCCBr. The van der Waals surface area contributed by atoms with Gasteiger partial charge in [0.2, 0.25) is 0 Å². The van der Waals surface area contributed by atoms with Gasteiger partial charge < -0.3 is 10.1 Å². The van der Waals surface area contributed by atoms with Gasteiger partial charge in [-0.25, -0.2) is 0 Å². The number of halogens is 1. The molecule has 0 aliphatic rings. The van der Waals surface area contributed by atoms with Crippen LogP contribution in [0.1, 0.15) is 13.3 Å². The van der Waals surface area contributed by atoms with Crippen LogP contribution in [-0.2, 0) is 9.53 Å². The third-order valence-corrected chi connectivity index (χ3v) is 1.88. The van der Waals surface area contributed by atoms with Gasteiger partial charge in [-0.15, -0.1) is 0 Å². The van der Waals surface area contributed by atoms with Crippen LogP contribution in [0.5, 0.6) is 0 Å². The van der Waals surface area contributed by atoms with Crippen LogP contribution in [0.3, 0.4) is 0 Å². The van der Waals surface area contributed by atoms with Gasteiger partial charge in [0.1, 0.15) is 6.04 Å². The van der Waals surface area contributed by atoms with Crippen molar-refractivity contribution in [2.45, 2.75) is 19.4 Å². The van der Waals surface area contributed by atoms with Crippen molar-refractivity contribution in [3.63, 3.8) is 0 Å². The number of carbonyl (C=O) groups is 1. The smallest absolute Gasteiger partial charge is 0.322 e. The second-order valence-corrected chi connectivity index (χ2v) is 3.03. The summed E-state index contributed by atoms with van der Waals surface area (Å²) < 4.78 is 4.53. The van der Waals surface area contributed by atoms with Gasteiger partial charge in [-0.2, -0.15) is 0 Å². The van der Waals surface area contributed by atoms with Crippen LogP contribution in [0.15, 0.2) is 0 Å². The standard InChI is InChI=1S/C7H14BrNO2/c1-6(7(10)11-2)9-5-3-4-8/h6,9H,3-5H2,1-2H3/t6-/m0/s1. The van der Waals surface area contributed by atoms with Crippen molar-refractivity contribution in [1.82, 2.24) is 5.32 Å². The van der Waals surface area contributed by atoms with E-state index in [1.54, 1.807) is 6.92 Å². The minimum Gasteiger partial charge on any atom is -0.468 e. The van der Waals surface area contributed by atoms with Crippen molar-refractivity contribution >= 4 is 21.9 Å². The van der Waals surface area contributed by atoms with Gasteiger partial charge >= 0.3 is 5.97 Å². The number of esters is 1. The number of nitrogens with one attached hydrogen (secondary N) is 1. The Hall–Kier alpha value is -0.0900. The molecule has 0 aliphatic carbocycles. The molecule has 0 rings (SSSR count). The summed E-state index contributed by atoms with van der Waals surface area (Å²) in [4.78, 5) is 10.8. The zero-order chi connectivity index (χ0) is 8.69. The molecule has 1 atom stereocenters. The number of hydrogen-bond donors (Lipinski definition) is 1. The fourth-order valence-electron chi connectivity index (χ4n) is 0.645. The van der Waals surface area contributed by atoms with Crippen LogP contribution in [0, 0.1) is 0 Å². The van der Waals surface area contributed by atoms with Crippen LogP contribution in [-0.4, -0.2) is 31.0 Å². The lowest BCUT2D eigenvalue weighted by atomic mass is 10.3. The average molecular weight is 224 g/mol. The predicted molar refractivity (Wildman–Crippen MR) is 47.9 cm³/mol. The largest absolute Gasteiger partial charge is 0.468 e. The van der Waals surface area contributed by atoms with Gasteiger partial charge in [0.15, 0.2) is 0 Å². The Kier molecular flexibility index (Phi) is 6.56. The Morgan fingerprint density at radius 2 is 2.36 bits per heavy atom. The lowest BCUT2D eigenvalue weighted by molar-refractivity contribution is -0.142. The maximum absolute atomic E-state index is 10.8. The second kappa shape index (κ2) is 6.61. The van der Waals surface area contributed by atoms with Crippen molar-refractivity contribution in [3.05, 3.63) is 0 Å². The minimum atomic E-state index is -0.209. The number of hydrogen-bond acceptors (Lipinski definition) is 3. The van der Waals surface area contributed by atoms with Crippen molar-refractivity contribution in [1.29, 1.82) is 0 Å². The molecule has 4 heteroatoms.